The van der Waals surface area contributed by atoms with Gasteiger partial charge in [-0.05, 0) is 97.1 Å². The van der Waals surface area contributed by atoms with Crippen LogP contribution in [0.4, 0.5) is 0 Å². The fourth-order valence-corrected chi connectivity index (χ4v) is 7.84. The van der Waals surface area contributed by atoms with Crippen LogP contribution in [0.3, 0.4) is 0 Å². The lowest BCUT2D eigenvalue weighted by Gasteiger charge is -2.17. The van der Waals surface area contributed by atoms with E-state index in [2.05, 4.69) is 176 Å². The van der Waals surface area contributed by atoms with E-state index >= 15 is 0 Å². The van der Waals surface area contributed by atoms with Gasteiger partial charge in [-0.2, -0.15) is 0 Å². The van der Waals surface area contributed by atoms with E-state index in [1.54, 1.807) is 0 Å². The van der Waals surface area contributed by atoms with Crippen LogP contribution in [0.5, 0.6) is 0 Å². The second-order valence-corrected chi connectivity index (χ2v) is 14.9. The fraction of sp³-hybridized carbons (Fsp3) is 0. The number of hydrogen-bond donors (Lipinski definition) is 0. The Morgan fingerprint density at radius 2 is 0.483 bits per heavy atom. The predicted molar refractivity (Wildman–Crippen MR) is 249 cm³/mol. The van der Waals surface area contributed by atoms with Crippen LogP contribution in [-0.4, -0.2) is 15.0 Å². The van der Waals surface area contributed by atoms with Crippen LogP contribution in [-0.2, 0) is 0 Å². The minimum absolute atomic E-state index is 0.622. The SMILES string of the molecule is c1ccc(-c2ccc(-c3cc(-c4cccc(-c5ccccc5)c4)cc(-c4ccc(-c5nc(-c6ccccc6)nc(-c6ccccc6)n5)cc4-c4ccccc4)c3)cc2)cc1. The highest BCUT2D eigenvalue weighted by Crippen LogP contribution is 2.40. The van der Waals surface area contributed by atoms with Crippen molar-refractivity contribution in [3.63, 3.8) is 0 Å². The minimum atomic E-state index is 0.622. The summed E-state index contributed by atoms with van der Waals surface area (Å²) >= 11 is 0. The number of aromatic nitrogens is 3. The zero-order chi connectivity index (χ0) is 40.1. The van der Waals surface area contributed by atoms with E-state index in [9.17, 15) is 0 Å². The predicted octanol–water partition coefficient (Wildman–Crippen LogP) is 14.9. The summed E-state index contributed by atoms with van der Waals surface area (Å²) in [6, 6.07) is 83.4. The molecule has 0 saturated carbocycles. The molecule has 3 heteroatoms. The van der Waals surface area contributed by atoms with Crippen molar-refractivity contribution in [2.24, 2.45) is 0 Å². The molecular formula is C57H39N3. The van der Waals surface area contributed by atoms with Gasteiger partial charge in [0.1, 0.15) is 0 Å². The quantitative estimate of drug-likeness (QED) is 0.147. The molecule has 10 aromatic rings. The highest BCUT2D eigenvalue weighted by molar-refractivity contribution is 5.91. The molecule has 0 amide bonds. The van der Waals surface area contributed by atoms with Gasteiger partial charge in [-0.1, -0.05) is 206 Å². The lowest BCUT2D eigenvalue weighted by molar-refractivity contribution is 1.07. The summed E-state index contributed by atoms with van der Waals surface area (Å²) in [6.07, 6.45) is 0. The Morgan fingerprint density at radius 3 is 1.00 bits per heavy atom. The number of rotatable bonds is 9. The van der Waals surface area contributed by atoms with Crippen molar-refractivity contribution in [2.45, 2.75) is 0 Å². The second kappa shape index (κ2) is 16.5. The topological polar surface area (TPSA) is 38.7 Å². The first-order chi connectivity index (χ1) is 29.7. The molecule has 60 heavy (non-hydrogen) atoms. The molecule has 0 aliphatic carbocycles. The van der Waals surface area contributed by atoms with Crippen molar-refractivity contribution in [3.05, 3.63) is 237 Å². The van der Waals surface area contributed by atoms with Crippen molar-refractivity contribution in [1.82, 2.24) is 15.0 Å². The van der Waals surface area contributed by atoms with E-state index in [1.807, 2.05) is 60.7 Å². The Morgan fingerprint density at radius 1 is 0.167 bits per heavy atom. The van der Waals surface area contributed by atoms with Gasteiger partial charge in [-0.3, -0.25) is 0 Å². The van der Waals surface area contributed by atoms with E-state index in [-0.39, 0.29) is 0 Å². The zero-order valence-corrected chi connectivity index (χ0v) is 32.9. The van der Waals surface area contributed by atoms with Gasteiger partial charge in [0.05, 0.1) is 0 Å². The Hall–Kier alpha value is -8.01. The molecule has 1 heterocycles. The van der Waals surface area contributed by atoms with Gasteiger partial charge in [0.25, 0.3) is 0 Å². The van der Waals surface area contributed by atoms with Gasteiger partial charge in [0.2, 0.25) is 0 Å². The zero-order valence-electron chi connectivity index (χ0n) is 32.9. The lowest BCUT2D eigenvalue weighted by atomic mass is 9.88. The third kappa shape index (κ3) is 7.68. The average molecular weight is 766 g/mol. The summed E-state index contributed by atoms with van der Waals surface area (Å²) in [5.41, 5.74) is 16.6. The highest BCUT2D eigenvalue weighted by atomic mass is 15.0. The smallest absolute Gasteiger partial charge is 0.164 e. The summed E-state index contributed by atoms with van der Waals surface area (Å²) in [5.74, 6) is 1.90. The third-order valence-corrected chi connectivity index (χ3v) is 10.9. The molecule has 0 unspecified atom stereocenters. The standard InChI is InChI=1S/C57H39N3/c1-6-17-40(18-7-1)42-29-31-43(32-30-42)50-36-51(48-28-16-27-47(35-48)41-19-8-2-9-20-41)38-52(37-50)53-34-33-49(39-54(53)44-21-10-3-11-22-44)57-59-55(45-23-12-4-13-24-45)58-56(60-57)46-25-14-5-15-26-46/h1-39H. The van der Waals surface area contributed by atoms with E-state index in [1.165, 1.54) is 22.3 Å². The molecule has 0 radical (unpaired) electrons. The van der Waals surface area contributed by atoms with Crippen LogP contribution in [0.25, 0.3) is 101 Å². The first-order valence-electron chi connectivity index (χ1n) is 20.3. The molecule has 0 saturated heterocycles. The normalized spacial score (nSPS) is 11.0. The van der Waals surface area contributed by atoms with Gasteiger partial charge >= 0.3 is 0 Å². The first-order valence-corrected chi connectivity index (χ1v) is 20.3. The highest BCUT2D eigenvalue weighted by Gasteiger charge is 2.17. The maximum atomic E-state index is 5.08. The lowest BCUT2D eigenvalue weighted by Crippen LogP contribution is -2.00. The van der Waals surface area contributed by atoms with Gasteiger partial charge in [-0.15, -0.1) is 0 Å². The van der Waals surface area contributed by atoms with Gasteiger partial charge < -0.3 is 0 Å². The maximum absolute atomic E-state index is 5.08. The molecule has 0 aliphatic heterocycles. The minimum Gasteiger partial charge on any atom is -0.208 e. The summed E-state index contributed by atoms with van der Waals surface area (Å²) < 4.78 is 0. The molecule has 3 nitrogen and oxygen atoms in total. The summed E-state index contributed by atoms with van der Waals surface area (Å²) in [5, 5.41) is 0. The Labute approximate surface area is 351 Å². The van der Waals surface area contributed by atoms with Gasteiger partial charge in [0, 0.05) is 16.7 Å². The average Bonchev–Trinajstić information content (AvgIpc) is 3.35. The van der Waals surface area contributed by atoms with Gasteiger partial charge in [-0.25, -0.2) is 15.0 Å². The van der Waals surface area contributed by atoms with Crippen LogP contribution >= 0.6 is 0 Å². The number of benzene rings is 9. The number of hydrogen-bond acceptors (Lipinski definition) is 3. The van der Waals surface area contributed by atoms with Crippen molar-refractivity contribution < 1.29 is 0 Å². The van der Waals surface area contributed by atoms with Crippen LogP contribution in [0.2, 0.25) is 0 Å². The Kier molecular flexibility index (Phi) is 9.97. The van der Waals surface area contributed by atoms with Crippen molar-refractivity contribution >= 4 is 0 Å². The molecule has 0 atom stereocenters. The molecule has 9 aromatic carbocycles. The number of nitrogens with zero attached hydrogens (tertiary/aromatic N) is 3. The Bertz CT molecular complexity index is 2980. The second-order valence-electron chi connectivity index (χ2n) is 14.9. The van der Waals surface area contributed by atoms with Crippen LogP contribution in [0.1, 0.15) is 0 Å². The van der Waals surface area contributed by atoms with E-state index in [4.69, 9.17) is 15.0 Å². The molecule has 0 N–H and O–H groups in total. The summed E-state index contributed by atoms with van der Waals surface area (Å²) in [4.78, 5) is 15.1. The van der Waals surface area contributed by atoms with E-state index in [0.29, 0.717) is 17.5 Å². The van der Waals surface area contributed by atoms with Crippen LogP contribution in [0.15, 0.2) is 237 Å². The van der Waals surface area contributed by atoms with Crippen LogP contribution < -0.4 is 0 Å². The molecule has 10 rings (SSSR count). The molecule has 1 aromatic heterocycles. The van der Waals surface area contributed by atoms with Crippen molar-refractivity contribution in [1.29, 1.82) is 0 Å². The van der Waals surface area contributed by atoms with E-state index in [0.717, 1.165) is 61.2 Å². The molecule has 0 fully saturated rings. The van der Waals surface area contributed by atoms with E-state index < -0.39 is 0 Å². The Balaban J connectivity index is 1.15. The molecular weight excluding hydrogens is 727 g/mol. The van der Waals surface area contributed by atoms with Crippen molar-refractivity contribution in [3.8, 4) is 101 Å². The van der Waals surface area contributed by atoms with Crippen molar-refractivity contribution in [2.75, 3.05) is 0 Å². The molecule has 0 aliphatic rings. The maximum Gasteiger partial charge on any atom is 0.164 e. The van der Waals surface area contributed by atoms with Gasteiger partial charge in [0.15, 0.2) is 17.5 Å². The molecule has 0 bridgehead atoms. The monoisotopic (exact) mass is 765 g/mol. The summed E-state index contributed by atoms with van der Waals surface area (Å²) in [7, 11) is 0. The first kappa shape index (κ1) is 36.3. The largest absolute Gasteiger partial charge is 0.208 e. The molecule has 282 valence electrons. The summed E-state index contributed by atoms with van der Waals surface area (Å²) in [6.45, 7) is 0. The van der Waals surface area contributed by atoms with Crippen LogP contribution in [0, 0.1) is 0 Å². The third-order valence-electron chi connectivity index (χ3n) is 10.9. The molecule has 0 spiro atoms. The fourth-order valence-electron chi connectivity index (χ4n) is 7.84.